The highest BCUT2D eigenvalue weighted by atomic mass is 32.2. The van der Waals surface area contributed by atoms with Gasteiger partial charge in [-0.2, -0.15) is 0 Å². The summed E-state index contributed by atoms with van der Waals surface area (Å²) < 4.78 is 28.1. The van der Waals surface area contributed by atoms with Crippen LogP contribution in [-0.2, 0) is 23.6 Å². The van der Waals surface area contributed by atoms with E-state index < -0.39 is 10.0 Å². The van der Waals surface area contributed by atoms with Crippen LogP contribution in [0.1, 0.15) is 5.82 Å². The number of nitrogens with one attached hydrogen (secondary N) is 2. The van der Waals surface area contributed by atoms with Gasteiger partial charge in [-0.25, -0.2) is 18.1 Å². The summed E-state index contributed by atoms with van der Waals surface area (Å²) in [6.45, 7) is 0.0760. The summed E-state index contributed by atoms with van der Waals surface area (Å²) in [4.78, 5) is 4.07. The van der Waals surface area contributed by atoms with Crippen molar-refractivity contribution in [3.8, 4) is 0 Å². The largest absolute Gasteiger partial charge is 0.373 e. The molecule has 2 heterocycles. The van der Waals surface area contributed by atoms with Gasteiger partial charge in [0.15, 0.2) is 0 Å². The lowest BCUT2D eigenvalue weighted by atomic mass is 10.5. The molecular weight excluding hydrogens is 268 g/mol. The molecule has 0 amide bonds. The Kier molecular flexibility index (Phi) is 3.76. The molecule has 0 unspecified atom stereocenters. The SMILES string of the molecule is CNc1ccc(S(=O)(=O)NCc2nncn2C)cn1. The Bertz CT molecular complexity index is 649. The molecular formula is C10H14N6O2S. The zero-order valence-corrected chi connectivity index (χ0v) is 11.3. The van der Waals surface area contributed by atoms with Crippen molar-refractivity contribution in [2.45, 2.75) is 11.4 Å². The number of anilines is 1. The zero-order chi connectivity index (χ0) is 13.9. The molecule has 2 rings (SSSR count). The second kappa shape index (κ2) is 5.33. The summed E-state index contributed by atoms with van der Waals surface area (Å²) in [5.41, 5.74) is 0. The van der Waals surface area contributed by atoms with Crippen LogP contribution in [0.3, 0.4) is 0 Å². The molecule has 2 aromatic rings. The summed E-state index contributed by atoms with van der Waals surface area (Å²) in [6.07, 6.45) is 2.80. The molecule has 2 N–H and O–H groups in total. The highest BCUT2D eigenvalue weighted by Crippen LogP contribution is 2.10. The highest BCUT2D eigenvalue weighted by molar-refractivity contribution is 7.89. The van der Waals surface area contributed by atoms with Crippen molar-refractivity contribution in [3.63, 3.8) is 0 Å². The molecule has 9 heteroatoms. The summed E-state index contributed by atoms with van der Waals surface area (Å²) >= 11 is 0. The predicted octanol–water partition coefficient (Wildman–Crippen LogP) is -0.270. The monoisotopic (exact) mass is 282 g/mol. The lowest BCUT2D eigenvalue weighted by Gasteiger charge is -2.06. The van der Waals surface area contributed by atoms with Crippen molar-refractivity contribution in [1.82, 2.24) is 24.5 Å². The van der Waals surface area contributed by atoms with Crippen molar-refractivity contribution in [2.24, 2.45) is 7.05 Å². The Morgan fingerprint density at radius 3 is 2.68 bits per heavy atom. The minimum Gasteiger partial charge on any atom is -0.373 e. The number of aromatic nitrogens is 4. The molecule has 102 valence electrons. The van der Waals surface area contributed by atoms with Crippen LogP contribution in [0.4, 0.5) is 5.82 Å². The van der Waals surface area contributed by atoms with Gasteiger partial charge in [0, 0.05) is 20.3 Å². The Morgan fingerprint density at radius 2 is 2.16 bits per heavy atom. The summed E-state index contributed by atoms with van der Waals surface area (Å²) in [5.74, 6) is 1.13. The molecule has 0 aliphatic carbocycles. The van der Waals surface area contributed by atoms with E-state index in [9.17, 15) is 8.42 Å². The number of nitrogens with zero attached hydrogens (tertiary/aromatic N) is 4. The van der Waals surface area contributed by atoms with Crippen LogP contribution in [0.5, 0.6) is 0 Å². The molecule has 0 aliphatic rings. The summed E-state index contributed by atoms with van der Waals surface area (Å²) in [7, 11) is -0.145. The van der Waals surface area contributed by atoms with E-state index >= 15 is 0 Å². The smallest absolute Gasteiger partial charge is 0.242 e. The lowest BCUT2D eigenvalue weighted by Crippen LogP contribution is -2.24. The number of pyridine rings is 1. The Balaban J connectivity index is 2.11. The zero-order valence-electron chi connectivity index (χ0n) is 10.5. The predicted molar refractivity (Wildman–Crippen MR) is 68.8 cm³/mol. The minimum atomic E-state index is -3.60. The second-order valence-corrected chi connectivity index (χ2v) is 5.58. The molecule has 0 aliphatic heterocycles. The maximum Gasteiger partial charge on any atom is 0.242 e. The number of sulfonamides is 1. The van der Waals surface area contributed by atoms with Gasteiger partial charge in [0.05, 0.1) is 6.54 Å². The summed E-state index contributed by atoms with van der Waals surface area (Å²) in [5, 5.41) is 10.3. The van der Waals surface area contributed by atoms with Gasteiger partial charge in [0.25, 0.3) is 0 Å². The molecule has 0 radical (unpaired) electrons. The van der Waals surface area contributed by atoms with Crippen LogP contribution in [0.15, 0.2) is 29.6 Å². The number of aryl methyl sites for hydroxylation is 1. The lowest BCUT2D eigenvalue weighted by molar-refractivity contribution is 0.577. The van der Waals surface area contributed by atoms with Crippen LogP contribution >= 0.6 is 0 Å². The molecule has 0 saturated carbocycles. The maximum absolute atomic E-state index is 12.0. The fraction of sp³-hybridized carbons (Fsp3) is 0.300. The average Bonchev–Trinajstić information content (AvgIpc) is 2.82. The third-order valence-electron chi connectivity index (χ3n) is 2.53. The van der Waals surface area contributed by atoms with Crippen LogP contribution in [-0.4, -0.2) is 35.2 Å². The Labute approximate surface area is 110 Å². The molecule has 0 atom stereocenters. The van der Waals surface area contributed by atoms with Crippen LogP contribution < -0.4 is 10.0 Å². The van der Waals surface area contributed by atoms with Crippen molar-refractivity contribution in [1.29, 1.82) is 0 Å². The van der Waals surface area contributed by atoms with Crippen molar-refractivity contribution in [2.75, 3.05) is 12.4 Å². The molecule has 0 aromatic carbocycles. The van der Waals surface area contributed by atoms with Crippen molar-refractivity contribution in [3.05, 3.63) is 30.5 Å². The van der Waals surface area contributed by atoms with Crippen LogP contribution in [0, 0.1) is 0 Å². The van der Waals surface area contributed by atoms with Gasteiger partial charge in [0.1, 0.15) is 22.9 Å². The molecule has 2 aromatic heterocycles. The first-order valence-electron chi connectivity index (χ1n) is 5.49. The van der Waals surface area contributed by atoms with Crippen molar-refractivity contribution >= 4 is 15.8 Å². The van der Waals surface area contributed by atoms with Crippen LogP contribution in [0.25, 0.3) is 0 Å². The van der Waals surface area contributed by atoms with Gasteiger partial charge in [-0.1, -0.05) is 0 Å². The quantitative estimate of drug-likeness (QED) is 0.782. The third-order valence-corrected chi connectivity index (χ3v) is 3.91. The number of rotatable bonds is 5. The van der Waals surface area contributed by atoms with E-state index in [0.717, 1.165) is 0 Å². The number of hydrogen-bond acceptors (Lipinski definition) is 6. The van der Waals surface area contributed by atoms with Gasteiger partial charge in [-0.3, -0.25) is 0 Å². The first-order valence-corrected chi connectivity index (χ1v) is 6.97. The van der Waals surface area contributed by atoms with Gasteiger partial charge in [0.2, 0.25) is 10.0 Å². The van der Waals surface area contributed by atoms with E-state index in [4.69, 9.17) is 0 Å². The fourth-order valence-electron chi connectivity index (χ4n) is 1.40. The topological polar surface area (TPSA) is 102 Å². The normalized spacial score (nSPS) is 11.5. The molecule has 0 saturated heterocycles. The van der Waals surface area contributed by atoms with E-state index in [1.807, 2.05) is 0 Å². The Morgan fingerprint density at radius 1 is 1.37 bits per heavy atom. The standard InChI is InChI=1S/C10H14N6O2S/c1-11-9-4-3-8(5-12-9)19(17,18)14-6-10-15-13-7-16(10)2/h3-5,7,14H,6H2,1-2H3,(H,11,12). The number of hydrogen-bond donors (Lipinski definition) is 2. The van der Waals surface area contributed by atoms with Gasteiger partial charge < -0.3 is 9.88 Å². The average molecular weight is 282 g/mol. The van der Waals surface area contributed by atoms with E-state index in [1.165, 1.54) is 18.6 Å². The summed E-state index contributed by atoms with van der Waals surface area (Å²) in [6, 6.07) is 3.08. The Hall–Kier alpha value is -2.00. The van der Waals surface area contributed by atoms with Gasteiger partial charge in [-0.05, 0) is 12.1 Å². The maximum atomic E-state index is 12.0. The minimum absolute atomic E-state index is 0.0760. The molecule has 0 fully saturated rings. The molecule has 0 bridgehead atoms. The van der Waals surface area contributed by atoms with E-state index in [2.05, 4.69) is 25.2 Å². The van der Waals surface area contributed by atoms with Crippen LogP contribution in [0.2, 0.25) is 0 Å². The van der Waals surface area contributed by atoms with Crippen molar-refractivity contribution < 1.29 is 8.42 Å². The molecule has 19 heavy (non-hydrogen) atoms. The fourth-order valence-corrected chi connectivity index (χ4v) is 2.32. The molecule has 8 nitrogen and oxygen atoms in total. The van der Waals surface area contributed by atoms with Gasteiger partial charge >= 0.3 is 0 Å². The second-order valence-electron chi connectivity index (χ2n) is 3.81. The van der Waals surface area contributed by atoms with E-state index in [0.29, 0.717) is 11.6 Å². The highest BCUT2D eigenvalue weighted by Gasteiger charge is 2.15. The first kappa shape index (κ1) is 13.4. The third kappa shape index (κ3) is 3.06. The van der Waals surface area contributed by atoms with Gasteiger partial charge in [-0.15, -0.1) is 10.2 Å². The first-order chi connectivity index (χ1) is 9.03. The molecule has 0 spiro atoms. The van der Waals surface area contributed by atoms with E-state index in [1.54, 1.807) is 24.7 Å². The van der Waals surface area contributed by atoms with E-state index in [-0.39, 0.29) is 11.4 Å².